The average molecular weight is 277 g/mol. The number of amides is 2. The van der Waals surface area contributed by atoms with Gasteiger partial charge >= 0.3 is 6.03 Å². The van der Waals surface area contributed by atoms with E-state index in [1.54, 1.807) is 32.2 Å². The van der Waals surface area contributed by atoms with Gasteiger partial charge in [-0.2, -0.15) is 0 Å². The maximum Gasteiger partial charge on any atom is 0.323 e. The second-order valence-electron chi connectivity index (χ2n) is 4.59. The second-order valence-corrected chi connectivity index (χ2v) is 4.59. The number of carbonyl (C=O) groups is 1. The van der Waals surface area contributed by atoms with Crippen LogP contribution in [0.4, 0.5) is 15.0 Å². The highest BCUT2D eigenvalue weighted by atomic mass is 19.1. The monoisotopic (exact) mass is 277 g/mol. The number of aryl methyl sites for hydroxylation is 1. The maximum absolute atomic E-state index is 12.9. The van der Waals surface area contributed by atoms with Crippen LogP contribution in [0.5, 0.6) is 0 Å². The van der Waals surface area contributed by atoms with Crippen molar-refractivity contribution in [3.63, 3.8) is 0 Å². The van der Waals surface area contributed by atoms with Crippen LogP contribution in [-0.4, -0.2) is 23.1 Å². The van der Waals surface area contributed by atoms with E-state index in [1.807, 2.05) is 6.92 Å². The fraction of sp³-hybridized carbons (Fsp3) is 0.286. The van der Waals surface area contributed by atoms with E-state index in [4.69, 9.17) is 4.52 Å². The zero-order valence-electron chi connectivity index (χ0n) is 11.6. The predicted octanol–water partition coefficient (Wildman–Crippen LogP) is 3.35. The van der Waals surface area contributed by atoms with Crippen LogP contribution in [-0.2, 0) is 0 Å². The van der Waals surface area contributed by atoms with Crippen molar-refractivity contribution in [2.75, 3.05) is 12.4 Å². The number of hydrogen-bond donors (Lipinski definition) is 1. The fourth-order valence-electron chi connectivity index (χ4n) is 1.76. The molecule has 6 heteroatoms. The summed E-state index contributed by atoms with van der Waals surface area (Å²) in [4.78, 5) is 13.6. The Hall–Kier alpha value is -2.37. The molecule has 1 aromatic carbocycles. The van der Waals surface area contributed by atoms with E-state index in [-0.39, 0.29) is 17.9 Å². The Kier molecular flexibility index (Phi) is 4.02. The zero-order valence-corrected chi connectivity index (χ0v) is 11.6. The summed E-state index contributed by atoms with van der Waals surface area (Å²) in [5.74, 6) is 0.686. The molecule has 0 saturated carbocycles. The predicted molar refractivity (Wildman–Crippen MR) is 72.8 cm³/mol. The standard InChI is InChI=1S/C14H16FN3O2/c1-9-8-13(17-20-9)16-14(19)18(3)10(2)11-4-6-12(15)7-5-11/h4-8,10H,1-3H3,(H,16,17,19)/t10-/m1/s1. The molecule has 1 atom stereocenters. The van der Waals surface area contributed by atoms with Gasteiger partial charge in [0, 0.05) is 13.1 Å². The van der Waals surface area contributed by atoms with Crippen molar-refractivity contribution in [1.29, 1.82) is 0 Å². The summed E-state index contributed by atoms with van der Waals surface area (Å²) in [5.41, 5.74) is 0.848. The molecule has 0 fully saturated rings. The Morgan fingerprint density at radius 3 is 2.60 bits per heavy atom. The van der Waals surface area contributed by atoms with Gasteiger partial charge in [-0.25, -0.2) is 9.18 Å². The Labute approximate surface area is 116 Å². The molecule has 0 aliphatic heterocycles. The lowest BCUT2D eigenvalue weighted by Gasteiger charge is -2.25. The van der Waals surface area contributed by atoms with Gasteiger partial charge < -0.3 is 9.42 Å². The topological polar surface area (TPSA) is 58.4 Å². The molecule has 20 heavy (non-hydrogen) atoms. The van der Waals surface area contributed by atoms with Crippen molar-refractivity contribution in [3.05, 3.63) is 47.5 Å². The van der Waals surface area contributed by atoms with E-state index in [1.165, 1.54) is 17.0 Å². The molecule has 0 saturated heterocycles. The molecule has 1 aromatic heterocycles. The summed E-state index contributed by atoms with van der Waals surface area (Å²) in [6.07, 6.45) is 0. The van der Waals surface area contributed by atoms with Crippen molar-refractivity contribution in [3.8, 4) is 0 Å². The smallest absolute Gasteiger partial charge is 0.323 e. The highest BCUT2D eigenvalue weighted by molar-refractivity contribution is 5.88. The van der Waals surface area contributed by atoms with Crippen molar-refractivity contribution in [2.45, 2.75) is 19.9 Å². The first-order valence-electron chi connectivity index (χ1n) is 6.20. The number of halogens is 1. The number of urea groups is 1. The zero-order chi connectivity index (χ0) is 14.7. The maximum atomic E-state index is 12.9. The van der Waals surface area contributed by atoms with Crippen LogP contribution in [0.15, 0.2) is 34.9 Å². The van der Waals surface area contributed by atoms with Crippen LogP contribution >= 0.6 is 0 Å². The molecule has 0 aliphatic rings. The Morgan fingerprint density at radius 2 is 2.05 bits per heavy atom. The van der Waals surface area contributed by atoms with Crippen molar-refractivity contribution < 1.29 is 13.7 Å². The largest absolute Gasteiger partial charge is 0.360 e. The quantitative estimate of drug-likeness (QED) is 0.936. The molecular formula is C14H16FN3O2. The number of nitrogens with zero attached hydrogens (tertiary/aromatic N) is 2. The van der Waals surface area contributed by atoms with Gasteiger partial charge in [0.05, 0.1) is 6.04 Å². The molecule has 0 unspecified atom stereocenters. The van der Waals surface area contributed by atoms with Crippen LogP contribution in [0.25, 0.3) is 0 Å². The molecule has 0 radical (unpaired) electrons. The van der Waals surface area contributed by atoms with E-state index < -0.39 is 0 Å². The van der Waals surface area contributed by atoms with Crippen molar-refractivity contribution >= 4 is 11.8 Å². The first kappa shape index (κ1) is 14.0. The van der Waals surface area contributed by atoms with Crippen LogP contribution in [0.1, 0.15) is 24.3 Å². The van der Waals surface area contributed by atoms with Gasteiger partial charge in [-0.15, -0.1) is 0 Å². The van der Waals surface area contributed by atoms with E-state index in [9.17, 15) is 9.18 Å². The average Bonchev–Trinajstić information content (AvgIpc) is 2.83. The molecule has 2 amide bonds. The van der Waals surface area contributed by atoms with Crippen LogP contribution in [0, 0.1) is 12.7 Å². The fourth-order valence-corrected chi connectivity index (χ4v) is 1.76. The van der Waals surface area contributed by atoms with Gasteiger partial charge in [0.25, 0.3) is 0 Å². The summed E-state index contributed by atoms with van der Waals surface area (Å²) < 4.78 is 17.8. The lowest BCUT2D eigenvalue weighted by Crippen LogP contribution is -2.33. The summed E-state index contributed by atoms with van der Waals surface area (Å²) in [7, 11) is 1.66. The lowest BCUT2D eigenvalue weighted by atomic mass is 10.1. The number of carbonyl (C=O) groups excluding carboxylic acids is 1. The third-order valence-electron chi connectivity index (χ3n) is 3.12. The highest BCUT2D eigenvalue weighted by Crippen LogP contribution is 2.20. The minimum Gasteiger partial charge on any atom is -0.360 e. The molecule has 2 rings (SSSR count). The Morgan fingerprint density at radius 1 is 1.40 bits per heavy atom. The molecule has 5 nitrogen and oxygen atoms in total. The minimum absolute atomic E-state index is 0.191. The molecule has 0 aliphatic carbocycles. The number of rotatable bonds is 3. The SMILES string of the molecule is Cc1cc(NC(=O)N(C)[C@H](C)c2ccc(F)cc2)no1. The molecule has 2 aromatic rings. The van der Waals surface area contributed by atoms with E-state index in [2.05, 4.69) is 10.5 Å². The van der Waals surface area contributed by atoms with Crippen LogP contribution < -0.4 is 5.32 Å². The van der Waals surface area contributed by atoms with E-state index >= 15 is 0 Å². The molecule has 106 valence electrons. The molecule has 0 bridgehead atoms. The van der Waals surface area contributed by atoms with Crippen molar-refractivity contribution in [1.82, 2.24) is 10.1 Å². The molecule has 1 heterocycles. The summed E-state index contributed by atoms with van der Waals surface area (Å²) in [6, 6.07) is 7.19. The first-order chi connectivity index (χ1) is 9.47. The summed E-state index contributed by atoms with van der Waals surface area (Å²) in [6.45, 7) is 3.61. The van der Waals surface area contributed by atoms with E-state index in [0.717, 1.165) is 5.56 Å². The van der Waals surface area contributed by atoms with Gasteiger partial charge in [-0.3, -0.25) is 5.32 Å². The normalized spacial score (nSPS) is 12.0. The third kappa shape index (κ3) is 3.14. The van der Waals surface area contributed by atoms with Gasteiger partial charge in [-0.1, -0.05) is 17.3 Å². The Balaban J connectivity index is 2.04. The van der Waals surface area contributed by atoms with Crippen LogP contribution in [0.3, 0.4) is 0 Å². The number of nitrogens with one attached hydrogen (secondary N) is 1. The molecule has 0 spiro atoms. The summed E-state index contributed by atoms with van der Waals surface area (Å²) in [5, 5.41) is 6.33. The van der Waals surface area contributed by atoms with Gasteiger partial charge in [0.2, 0.25) is 0 Å². The first-order valence-corrected chi connectivity index (χ1v) is 6.20. The lowest BCUT2D eigenvalue weighted by molar-refractivity contribution is 0.208. The van der Waals surface area contributed by atoms with E-state index in [0.29, 0.717) is 11.6 Å². The van der Waals surface area contributed by atoms with Gasteiger partial charge in [0.1, 0.15) is 11.6 Å². The number of anilines is 1. The second kappa shape index (κ2) is 5.73. The van der Waals surface area contributed by atoms with Crippen molar-refractivity contribution in [2.24, 2.45) is 0 Å². The minimum atomic E-state index is -0.310. The summed E-state index contributed by atoms with van der Waals surface area (Å²) >= 11 is 0. The molecular weight excluding hydrogens is 261 g/mol. The highest BCUT2D eigenvalue weighted by Gasteiger charge is 2.18. The number of benzene rings is 1. The molecule has 1 N–H and O–H groups in total. The number of aromatic nitrogens is 1. The van der Waals surface area contributed by atoms with Gasteiger partial charge in [0.15, 0.2) is 5.82 Å². The van der Waals surface area contributed by atoms with Gasteiger partial charge in [-0.05, 0) is 31.5 Å². The van der Waals surface area contributed by atoms with Crippen LogP contribution in [0.2, 0.25) is 0 Å². The Bertz CT molecular complexity index is 595. The third-order valence-corrected chi connectivity index (χ3v) is 3.12. The number of hydrogen-bond acceptors (Lipinski definition) is 3.